The van der Waals surface area contributed by atoms with Crippen molar-refractivity contribution in [2.75, 3.05) is 13.7 Å². The van der Waals surface area contributed by atoms with Crippen LogP contribution in [0.1, 0.15) is 31.2 Å². The van der Waals surface area contributed by atoms with E-state index < -0.39 is 0 Å². The number of carbonyl (C=O) groups is 1. The highest BCUT2D eigenvalue weighted by atomic mass is 32.1. The Morgan fingerprint density at radius 3 is 2.74 bits per heavy atom. The number of allylic oxidation sites excluding steroid dienone is 3. The van der Waals surface area contributed by atoms with Crippen molar-refractivity contribution in [1.82, 2.24) is 10.6 Å². The van der Waals surface area contributed by atoms with Crippen molar-refractivity contribution in [3.8, 4) is 5.75 Å². The Kier molecular flexibility index (Phi) is 6.92. The number of hydrogen-bond donors (Lipinski definition) is 2. The number of amidine groups is 1. The average molecular weight is 437 g/mol. The first-order chi connectivity index (χ1) is 15.1. The minimum Gasteiger partial charge on any atom is -0.497 e. The predicted octanol–water partition coefficient (Wildman–Crippen LogP) is 3.59. The van der Waals surface area contributed by atoms with Crippen LogP contribution in [0.15, 0.2) is 58.6 Å². The van der Waals surface area contributed by atoms with Crippen LogP contribution >= 0.6 is 12.2 Å². The zero-order chi connectivity index (χ0) is 21.6. The van der Waals surface area contributed by atoms with Crippen molar-refractivity contribution in [3.63, 3.8) is 0 Å². The molecule has 0 saturated heterocycles. The quantitative estimate of drug-likeness (QED) is 0.669. The number of methoxy groups -OCH3 is 1. The lowest BCUT2D eigenvalue weighted by atomic mass is 9.81. The summed E-state index contributed by atoms with van der Waals surface area (Å²) in [4.78, 5) is 21.8. The van der Waals surface area contributed by atoms with Crippen LogP contribution in [-0.2, 0) is 11.3 Å². The molecule has 1 unspecified atom stereocenters. The molecule has 0 aromatic heterocycles. The van der Waals surface area contributed by atoms with Crippen molar-refractivity contribution in [2.24, 2.45) is 27.7 Å². The summed E-state index contributed by atoms with van der Waals surface area (Å²) in [5.41, 5.74) is 2.02. The van der Waals surface area contributed by atoms with Gasteiger partial charge in [-0.15, -0.1) is 0 Å². The Labute approximate surface area is 188 Å². The van der Waals surface area contributed by atoms with E-state index in [1.54, 1.807) is 7.11 Å². The fourth-order valence-corrected chi connectivity index (χ4v) is 4.46. The van der Waals surface area contributed by atoms with Gasteiger partial charge in [-0.25, -0.2) is 4.99 Å². The summed E-state index contributed by atoms with van der Waals surface area (Å²) in [6.07, 6.45) is 11.9. The molecular formula is C24H28N4O2S. The zero-order valence-corrected chi connectivity index (χ0v) is 18.5. The molecule has 6 nitrogen and oxygen atoms in total. The number of benzene rings is 1. The highest BCUT2D eigenvalue weighted by Crippen LogP contribution is 2.29. The van der Waals surface area contributed by atoms with Crippen molar-refractivity contribution >= 4 is 34.8 Å². The normalized spacial score (nSPS) is 26.1. The molecule has 31 heavy (non-hydrogen) atoms. The zero-order valence-electron chi connectivity index (χ0n) is 17.7. The summed E-state index contributed by atoms with van der Waals surface area (Å²) in [6.45, 7) is 1.31. The molecule has 0 spiro atoms. The van der Waals surface area contributed by atoms with Gasteiger partial charge in [-0.1, -0.05) is 30.4 Å². The topological polar surface area (TPSA) is 75.1 Å². The van der Waals surface area contributed by atoms with Gasteiger partial charge in [0.25, 0.3) is 0 Å². The third-order valence-electron chi connectivity index (χ3n) is 6.12. The van der Waals surface area contributed by atoms with Crippen molar-refractivity contribution in [2.45, 2.75) is 32.2 Å². The van der Waals surface area contributed by atoms with Gasteiger partial charge in [0.15, 0.2) is 5.11 Å². The van der Waals surface area contributed by atoms with E-state index in [4.69, 9.17) is 21.9 Å². The van der Waals surface area contributed by atoms with E-state index >= 15 is 0 Å². The van der Waals surface area contributed by atoms with Crippen LogP contribution in [0.2, 0.25) is 0 Å². The molecule has 1 aliphatic heterocycles. The fourth-order valence-electron chi connectivity index (χ4n) is 4.25. The summed E-state index contributed by atoms with van der Waals surface area (Å²) in [7, 11) is 1.65. The second kappa shape index (κ2) is 10.0. The van der Waals surface area contributed by atoms with Gasteiger partial charge in [-0.05, 0) is 67.6 Å². The molecule has 1 saturated carbocycles. The van der Waals surface area contributed by atoms with Gasteiger partial charge in [-0.2, -0.15) is 0 Å². The van der Waals surface area contributed by atoms with Gasteiger partial charge in [0.2, 0.25) is 5.91 Å². The highest BCUT2D eigenvalue weighted by molar-refractivity contribution is 7.80. The van der Waals surface area contributed by atoms with E-state index in [-0.39, 0.29) is 17.7 Å². The van der Waals surface area contributed by atoms with Crippen LogP contribution in [-0.4, -0.2) is 36.2 Å². The lowest BCUT2D eigenvalue weighted by Gasteiger charge is -2.28. The average Bonchev–Trinajstić information content (AvgIpc) is 2.81. The number of hydrogen-bond acceptors (Lipinski definition) is 4. The fraction of sp³-hybridized carbons (Fsp3) is 0.417. The second-order valence-corrected chi connectivity index (χ2v) is 8.58. The molecule has 1 aromatic carbocycles. The van der Waals surface area contributed by atoms with E-state index in [0.29, 0.717) is 17.6 Å². The lowest BCUT2D eigenvalue weighted by Crippen LogP contribution is -2.42. The van der Waals surface area contributed by atoms with E-state index in [9.17, 15) is 4.79 Å². The van der Waals surface area contributed by atoms with E-state index in [1.807, 2.05) is 42.5 Å². The third-order valence-corrected chi connectivity index (χ3v) is 6.32. The SMILES string of the molecule is COc1ccc(CNC(=O)C2CCC(CN=C3NC(=S)N=C4C=CC=CC43)CC2)cc1. The maximum atomic E-state index is 12.6. The van der Waals surface area contributed by atoms with Gasteiger partial charge < -0.3 is 15.4 Å². The molecular weight excluding hydrogens is 408 g/mol. The number of rotatable bonds is 6. The van der Waals surface area contributed by atoms with E-state index in [1.165, 1.54) is 0 Å². The number of nitrogens with one attached hydrogen (secondary N) is 2. The molecule has 162 valence electrons. The van der Waals surface area contributed by atoms with Gasteiger partial charge in [0, 0.05) is 19.0 Å². The molecule has 1 atom stereocenters. The molecule has 1 fully saturated rings. The summed E-state index contributed by atoms with van der Waals surface area (Å²) in [5, 5.41) is 6.71. The van der Waals surface area contributed by atoms with Crippen molar-refractivity contribution < 1.29 is 9.53 Å². The number of fused-ring (bicyclic) bond motifs is 1. The standard InChI is InChI=1S/C24H28N4O2S/c1-30-19-12-8-17(9-13-19)15-26-23(29)18-10-6-16(7-11-18)14-25-22-20-4-2-3-5-21(20)27-24(31)28-22/h2-5,8-9,12-13,16,18,20H,6-7,10-11,14-15H2,1H3,(H,26,29)(H,25,28,31). The molecule has 1 amide bonds. The Balaban J connectivity index is 1.24. The Morgan fingerprint density at radius 1 is 1.23 bits per heavy atom. The van der Waals surface area contributed by atoms with Crippen LogP contribution in [0.4, 0.5) is 0 Å². The first-order valence-corrected chi connectivity index (χ1v) is 11.2. The predicted molar refractivity (Wildman–Crippen MR) is 128 cm³/mol. The van der Waals surface area contributed by atoms with Gasteiger partial charge >= 0.3 is 0 Å². The van der Waals surface area contributed by atoms with Crippen LogP contribution in [0, 0.1) is 17.8 Å². The van der Waals surface area contributed by atoms with Crippen molar-refractivity contribution in [1.29, 1.82) is 0 Å². The Bertz CT molecular complexity index is 941. The van der Waals surface area contributed by atoms with Crippen LogP contribution in [0.25, 0.3) is 0 Å². The van der Waals surface area contributed by atoms with Crippen LogP contribution in [0.3, 0.4) is 0 Å². The largest absolute Gasteiger partial charge is 0.497 e. The summed E-state index contributed by atoms with van der Waals surface area (Å²) < 4.78 is 5.17. The molecule has 1 aromatic rings. The number of amides is 1. The Morgan fingerprint density at radius 2 is 2.00 bits per heavy atom. The molecule has 2 N–H and O–H groups in total. The lowest BCUT2D eigenvalue weighted by molar-refractivity contribution is -0.126. The van der Waals surface area contributed by atoms with Crippen LogP contribution in [0.5, 0.6) is 5.75 Å². The van der Waals surface area contributed by atoms with Crippen LogP contribution < -0.4 is 15.4 Å². The number of carbonyl (C=O) groups excluding carboxylic acids is 1. The summed E-state index contributed by atoms with van der Waals surface area (Å²) in [6, 6.07) is 7.79. The smallest absolute Gasteiger partial charge is 0.223 e. The van der Waals surface area contributed by atoms with Crippen molar-refractivity contribution in [3.05, 3.63) is 54.1 Å². The number of nitrogens with zero attached hydrogens (tertiary/aromatic N) is 2. The number of aliphatic imine (C=N–C) groups is 2. The highest BCUT2D eigenvalue weighted by Gasteiger charge is 2.28. The number of thiocarbonyl (C=S) groups is 1. The molecule has 0 radical (unpaired) electrons. The maximum absolute atomic E-state index is 12.6. The summed E-state index contributed by atoms with van der Waals surface area (Å²) >= 11 is 5.25. The molecule has 1 heterocycles. The number of ether oxygens (including phenoxy) is 1. The minimum absolute atomic E-state index is 0.0665. The van der Waals surface area contributed by atoms with Gasteiger partial charge in [0.1, 0.15) is 11.6 Å². The summed E-state index contributed by atoms with van der Waals surface area (Å²) in [5.74, 6) is 2.51. The third kappa shape index (κ3) is 5.47. The molecule has 4 rings (SSSR count). The molecule has 3 aliphatic rings. The first kappa shape index (κ1) is 21.4. The van der Waals surface area contributed by atoms with Gasteiger partial charge in [-0.3, -0.25) is 9.79 Å². The van der Waals surface area contributed by atoms with E-state index in [2.05, 4.69) is 21.7 Å². The second-order valence-electron chi connectivity index (χ2n) is 8.20. The minimum atomic E-state index is 0.0665. The monoisotopic (exact) mass is 436 g/mol. The first-order valence-electron chi connectivity index (χ1n) is 10.8. The van der Waals surface area contributed by atoms with E-state index in [0.717, 1.165) is 55.1 Å². The molecule has 7 heteroatoms. The molecule has 0 bridgehead atoms. The Hall–Kier alpha value is -2.80. The maximum Gasteiger partial charge on any atom is 0.223 e. The molecule has 2 aliphatic carbocycles. The van der Waals surface area contributed by atoms with Gasteiger partial charge in [0.05, 0.1) is 18.7 Å².